The van der Waals surface area contributed by atoms with Crippen molar-refractivity contribution >= 4 is 82.4 Å². The first-order valence-corrected chi connectivity index (χ1v) is 34.8. The van der Waals surface area contributed by atoms with Crippen LogP contribution in [0.3, 0.4) is 0 Å². The minimum Gasteiger partial charge on any atom is -0.493 e. The molecule has 0 aliphatic carbocycles. The van der Waals surface area contributed by atoms with Crippen molar-refractivity contribution in [1.82, 2.24) is 31.5 Å². The molecule has 10 amide bonds. The van der Waals surface area contributed by atoms with Crippen molar-refractivity contribution in [2.45, 2.75) is 144 Å². The van der Waals surface area contributed by atoms with Crippen LogP contribution in [0.2, 0.25) is 0 Å². The number of aliphatic hydroxyl groups is 2. The van der Waals surface area contributed by atoms with Crippen LogP contribution in [-0.4, -0.2) is 179 Å². The fraction of sp³-hybridized carbons (Fsp3) is 0.467. The van der Waals surface area contributed by atoms with Crippen LogP contribution in [0.5, 0.6) is 23.0 Å². The highest BCUT2D eigenvalue weighted by atomic mass is 16.6. The van der Waals surface area contributed by atoms with Crippen LogP contribution in [0.1, 0.15) is 132 Å². The number of unbranched alkanes of at least 4 members (excludes halogenated alkanes) is 2. The summed E-state index contributed by atoms with van der Waals surface area (Å²) in [7, 11) is 4.33. The lowest BCUT2D eigenvalue weighted by atomic mass is 10.0. The molecule has 0 spiro atoms. The predicted octanol–water partition coefficient (Wildman–Crippen LogP) is 8.36. The quantitative estimate of drug-likeness (QED) is 0.0113. The maximum atomic E-state index is 14.3. The highest BCUT2D eigenvalue weighted by molar-refractivity contribution is 6.06. The van der Waals surface area contributed by atoms with Gasteiger partial charge < -0.3 is 95.0 Å². The third-order valence-electron chi connectivity index (χ3n) is 16.2. The molecule has 0 bridgehead atoms. The molecule has 1 aliphatic heterocycles. The van der Waals surface area contributed by atoms with E-state index in [1.165, 1.54) is 76.6 Å². The highest BCUT2D eigenvalue weighted by Gasteiger charge is 2.33. The molecule has 1 aliphatic rings. The molecule has 11 N–H and O–H groups in total. The van der Waals surface area contributed by atoms with E-state index in [9.17, 15) is 58.2 Å². The van der Waals surface area contributed by atoms with Crippen molar-refractivity contribution in [3.05, 3.63) is 131 Å². The average Bonchev–Trinajstić information content (AvgIpc) is 1.24. The second-order valence-electron chi connectivity index (χ2n) is 25.5. The summed E-state index contributed by atoms with van der Waals surface area (Å²) in [4.78, 5) is 134. The summed E-state index contributed by atoms with van der Waals surface area (Å²) < 4.78 is 50.1. The zero-order chi connectivity index (χ0) is 77.8. The van der Waals surface area contributed by atoms with Crippen LogP contribution in [0.4, 0.5) is 37.1 Å². The Bertz CT molecular complexity index is 3700. The fourth-order valence-electron chi connectivity index (χ4n) is 10.3. The Morgan fingerprint density at radius 2 is 1.08 bits per heavy atom. The molecule has 31 nitrogen and oxygen atoms in total. The van der Waals surface area contributed by atoms with Crippen molar-refractivity contribution < 1.29 is 101 Å². The number of benzene rings is 4. The van der Waals surface area contributed by atoms with Crippen molar-refractivity contribution in [1.29, 1.82) is 0 Å². The van der Waals surface area contributed by atoms with Gasteiger partial charge in [0.1, 0.15) is 44.0 Å². The molecular weight excluding hydrogens is 1380 g/mol. The largest absolute Gasteiger partial charge is 0.493 e. The zero-order valence-electron chi connectivity index (χ0n) is 62.0. The van der Waals surface area contributed by atoms with Crippen molar-refractivity contribution in [2.75, 3.05) is 95.5 Å². The molecule has 106 heavy (non-hydrogen) atoms. The van der Waals surface area contributed by atoms with E-state index >= 15 is 0 Å². The van der Waals surface area contributed by atoms with E-state index in [2.05, 4.69) is 54.4 Å². The van der Waals surface area contributed by atoms with Gasteiger partial charge >= 0.3 is 18.3 Å². The lowest BCUT2D eigenvalue weighted by molar-refractivity contribution is -0.132. The first-order chi connectivity index (χ1) is 50.7. The van der Waals surface area contributed by atoms with Gasteiger partial charge in [-0.05, 0) is 126 Å². The minimum atomic E-state index is -1.00. The number of anilines is 4. The summed E-state index contributed by atoms with van der Waals surface area (Å²) in [6.07, 6.45) is 4.83. The first kappa shape index (κ1) is 85.9. The number of amides is 10. The van der Waals surface area contributed by atoms with Gasteiger partial charge in [-0.25, -0.2) is 14.4 Å². The van der Waals surface area contributed by atoms with Gasteiger partial charge in [0.15, 0.2) is 23.0 Å². The number of rotatable bonds is 43. The Kier molecular flexibility index (Phi) is 36.3. The summed E-state index contributed by atoms with van der Waals surface area (Å²) in [5.41, 5.74) is 3.51. The highest BCUT2D eigenvalue weighted by Crippen LogP contribution is 2.37. The van der Waals surface area contributed by atoms with Gasteiger partial charge in [0.05, 0.1) is 82.4 Å². The third-order valence-corrected chi connectivity index (χ3v) is 16.2. The van der Waals surface area contributed by atoms with Gasteiger partial charge in [-0.3, -0.25) is 44.2 Å². The number of nitrogens with zero attached hydrogens (tertiary/aromatic N) is 1. The zero-order valence-corrected chi connectivity index (χ0v) is 62.0. The molecule has 5 rings (SSSR count). The Labute approximate surface area is 617 Å². The average molecular weight is 1480 g/mol. The van der Waals surface area contributed by atoms with Crippen LogP contribution < -0.4 is 66.8 Å². The number of carbonyl (C=O) groups is 10. The lowest BCUT2D eigenvalue weighted by Crippen LogP contribution is -2.53. The monoisotopic (exact) mass is 1480 g/mol. The number of hydrogen-bond donors (Lipinski definition) is 11. The summed E-state index contributed by atoms with van der Waals surface area (Å²) in [6, 6.07) is 14.1. The molecule has 5 atom stereocenters. The number of methoxy groups -OCH3 is 3. The predicted molar refractivity (Wildman–Crippen MR) is 394 cm³/mol. The fourth-order valence-corrected chi connectivity index (χ4v) is 10.3. The molecule has 0 fully saturated rings. The Hall–Kier alpha value is -10.8. The van der Waals surface area contributed by atoms with Gasteiger partial charge in [0, 0.05) is 56.0 Å². The summed E-state index contributed by atoms with van der Waals surface area (Å²) in [6.45, 7) is 17.4. The van der Waals surface area contributed by atoms with Gasteiger partial charge in [-0.2, -0.15) is 0 Å². The second-order valence-corrected chi connectivity index (χ2v) is 25.5. The Balaban J connectivity index is 1.20. The number of ether oxygens (including phenoxy) is 9. The maximum Gasteiger partial charge on any atom is 0.411 e. The molecule has 0 unspecified atom stereocenters. The third kappa shape index (κ3) is 28.4. The van der Waals surface area contributed by atoms with Crippen LogP contribution in [0.15, 0.2) is 109 Å². The standard InChI is InChI=1S/C75H102N10O21/c1-13-29-104-75(97)84-66(46(4)5)71(93)78-50(9)68(90)80-54-25-21-52(22-26-54)44-106-74(96)82-59-39-63(61(100-12)37-57(59)72(94)85-41-48(7)35-55(85)42-87)103-31-16-14-15-30-102-62-38-58(56(36-60(62)99-11)69(91)76-40-47(6)18-17-28-86)81-73(95)105-43-51-19-23-53(24-20-51)79-67(89)49(8)77-70(92)65(45(2)3)83-64(88)27-32-101-34-33-98-10/h13,19-26,36-41,45-46,49-50,55,65-66,86-87H,1,14-18,27-35,42-44H2,2-12H3,(H,76,91)(H,77,92)(H,78,93)(H,79,89)(H,80,90)(H,81,95)(H,82,96)(H,83,88)(H,84,97)/b47-40-/t49-,50-,55+,65-,66-/m1/s1. The van der Waals surface area contributed by atoms with Crippen LogP contribution >= 0.6 is 0 Å². The Morgan fingerprint density at radius 3 is 1.56 bits per heavy atom. The molecule has 0 saturated carbocycles. The van der Waals surface area contributed by atoms with Gasteiger partial charge in [0.2, 0.25) is 29.5 Å². The van der Waals surface area contributed by atoms with Gasteiger partial charge in [0.25, 0.3) is 11.8 Å². The summed E-state index contributed by atoms with van der Waals surface area (Å²) >= 11 is 0. The smallest absolute Gasteiger partial charge is 0.411 e. The van der Waals surface area contributed by atoms with Crippen molar-refractivity contribution in [3.63, 3.8) is 0 Å². The molecule has 0 aromatic heterocycles. The van der Waals surface area contributed by atoms with Gasteiger partial charge in [-0.1, -0.05) is 75.8 Å². The number of alkyl carbamates (subject to hydrolysis) is 1. The van der Waals surface area contributed by atoms with E-state index in [1.807, 2.05) is 6.92 Å². The number of allylic oxidation sites excluding steroid dienone is 1. The molecule has 1 heterocycles. The van der Waals surface area contributed by atoms with E-state index in [4.69, 9.17) is 42.6 Å². The molecular formula is C75H102N10O21. The summed E-state index contributed by atoms with van der Waals surface area (Å²) in [5, 5.41) is 43.5. The number of hydrogen-bond acceptors (Lipinski definition) is 21. The van der Waals surface area contributed by atoms with Gasteiger partial charge in [-0.15, -0.1) is 0 Å². The van der Waals surface area contributed by atoms with E-state index in [0.29, 0.717) is 74.2 Å². The van der Waals surface area contributed by atoms with E-state index in [-0.39, 0.29) is 123 Å². The SMILES string of the molecule is C=CCOC(=O)N[C@@H](C(=O)N[C@H](C)C(=O)Nc1ccc(COC(=O)Nc2cc(OCCCCCOc3cc(NC(=O)OCc4ccc(NC(=O)[C@@H](C)NC(=O)[C@H](NC(=O)CCOCCOC)C(C)C)cc4)c(C(=O)N/C=C(/C)CCCO)cc3OC)c(OC)cc2C(=O)N2C=C(C)C[C@H]2CO)cc1)C(C)C. The van der Waals surface area contributed by atoms with E-state index < -0.39 is 83.9 Å². The molecule has 0 saturated heterocycles. The molecule has 578 valence electrons. The maximum absolute atomic E-state index is 14.3. The second kappa shape index (κ2) is 44.8. The first-order valence-electron chi connectivity index (χ1n) is 34.8. The summed E-state index contributed by atoms with van der Waals surface area (Å²) in [5.74, 6) is -3.64. The van der Waals surface area contributed by atoms with Crippen LogP contribution in [-0.2, 0) is 60.9 Å². The van der Waals surface area contributed by atoms with E-state index in [0.717, 1.165) is 11.1 Å². The molecule has 4 aromatic rings. The topological polar surface area (TPSA) is 406 Å². The molecule has 4 aromatic carbocycles. The van der Waals surface area contributed by atoms with Crippen molar-refractivity contribution in [3.8, 4) is 23.0 Å². The number of aliphatic hydroxyl groups excluding tert-OH is 2. The van der Waals surface area contributed by atoms with E-state index in [1.54, 1.807) is 89.3 Å². The number of carbonyl (C=O) groups excluding carboxylic acids is 10. The number of nitrogens with one attached hydrogen (secondary N) is 9. The lowest BCUT2D eigenvalue weighted by Gasteiger charge is -2.24. The van der Waals surface area contributed by atoms with Crippen LogP contribution in [0, 0.1) is 11.8 Å². The van der Waals surface area contributed by atoms with Crippen LogP contribution in [0.25, 0.3) is 0 Å². The minimum absolute atomic E-state index is 0.00219. The molecule has 0 radical (unpaired) electrons. The molecule has 31 heteroatoms. The normalized spacial score (nSPS) is 13.7. The van der Waals surface area contributed by atoms with Crippen molar-refractivity contribution in [2.24, 2.45) is 11.8 Å². The Morgan fingerprint density at radius 1 is 0.566 bits per heavy atom.